The first kappa shape index (κ1) is 24.3. The molecule has 0 aliphatic heterocycles. The summed E-state index contributed by atoms with van der Waals surface area (Å²) in [6.07, 6.45) is 0. The molecule has 172 valence electrons. The smallest absolute Gasteiger partial charge is 0.322 e. The number of sulfonamides is 1. The third-order valence-corrected chi connectivity index (χ3v) is 7.08. The largest absolute Gasteiger partial charge is 0.480 e. The Hall–Kier alpha value is -3.36. The minimum Gasteiger partial charge on any atom is -0.480 e. The Labute approximate surface area is 197 Å². The second-order valence-electron chi connectivity index (χ2n) is 7.58. The normalized spacial score (nSPS) is 11.2. The molecule has 0 spiro atoms. The van der Waals surface area contributed by atoms with Gasteiger partial charge in [-0.05, 0) is 66.8 Å². The van der Waals surface area contributed by atoms with E-state index in [-0.39, 0.29) is 16.1 Å². The van der Waals surface area contributed by atoms with Gasteiger partial charge < -0.3 is 10.4 Å². The molecule has 0 radical (unpaired) electrons. The lowest BCUT2D eigenvalue weighted by atomic mass is 9.96. The van der Waals surface area contributed by atoms with Crippen LogP contribution in [0.15, 0.2) is 59.5 Å². The summed E-state index contributed by atoms with van der Waals surface area (Å²) in [6.45, 7) is 4.44. The molecule has 3 rings (SSSR count). The van der Waals surface area contributed by atoms with E-state index in [0.29, 0.717) is 21.7 Å². The van der Waals surface area contributed by atoms with E-state index in [1.165, 1.54) is 12.1 Å². The second-order valence-corrected chi connectivity index (χ2v) is 9.63. The fourth-order valence-electron chi connectivity index (χ4n) is 3.45. The number of halogens is 1. The molecule has 3 N–H and O–H groups in total. The Bertz CT molecular complexity index is 1340. The van der Waals surface area contributed by atoms with Crippen LogP contribution in [0.2, 0.25) is 5.02 Å². The van der Waals surface area contributed by atoms with Crippen LogP contribution < -0.4 is 10.0 Å². The Morgan fingerprint density at radius 3 is 2.27 bits per heavy atom. The maximum Gasteiger partial charge on any atom is 0.322 e. The van der Waals surface area contributed by atoms with Crippen LogP contribution in [0.25, 0.3) is 11.1 Å². The van der Waals surface area contributed by atoms with Crippen LogP contribution in [0.5, 0.6) is 0 Å². The fraction of sp³-hybridized carbons (Fsp3) is 0.167. The lowest BCUT2D eigenvalue weighted by Crippen LogP contribution is -2.30. The van der Waals surface area contributed by atoms with Crippen molar-refractivity contribution in [3.05, 3.63) is 81.9 Å². The third-order valence-electron chi connectivity index (χ3n) is 5.18. The molecule has 0 saturated heterocycles. The van der Waals surface area contributed by atoms with Crippen molar-refractivity contribution < 1.29 is 23.1 Å². The molecule has 0 fully saturated rings. The number of rotatable bonds is 7. The second kappa shape index (κ2) is 9.64. The molecule has 1 amide bonds. The summed E-state index contributed by atoms with van der Waals surface area (Å²) < 4.78 is 29.3. The molecule has 0 aliphatic carbocycles. The third kappa shape index (κ3) is 5.35. The number of hydrogen-bond acceptors (Lipinski definition) is 4. The number of carboxylic acid groups (broad SMARTS) is 1. The van der Waals surface area contributed by atoms with Gasteiger partial charge in [-0.2, -0.15) is 0 Å². The van der Waals surface area contributed by atoms with E-state index in [4.69, 9.17) is 16.7 Å². The number of amides is 1. The monoisotopic (exact) mass is 486 g/mol. The average Bonchev–Trinajstić information content (AvgIpc) is 2.76. The number of carbonyl (C=O) groups excluding carboxylic acids is 1. The van der Waals surface area contributed by atoms with Crippen LogP contribution in [-0.4, -0.2) is 31.9 Å². The first-order chi connectivity index (χ1) is 15.5. The van der Waals surface area contributed by atoms with Crippen molar-refractivity contribution in [1.29, 1.82) is 0 Å². The van der Waals surface area contributed by atoms with Gasteiger partial charge in [-0.1, -0.05) is 48.0 Å². The highest BCUT2D eigenvalue weighted by atomic mass is 35.5. The van der Waals surface area contributed by atoms with Crippen LogP contribution in [-0.2, 0) is 14.8 Å². The van der Waals surface area contributed by atoms with Crippen molar-refractivity contribution >= 4 is 39.2 Å². The minimum atomic E-state index is -4.10. The van der Waals surface area contributed by atoms with Gasteiger partial charge in [-0.25, -0.2) is 8.42 Å². The van der Waals surface area contributed by atoms with Crippen molar-refractivity contribution in [3.63, 3.8) is 0 Å². The van der Waals surface area contributed by atoms with Gasteiger partial charge in [0, 0.05) is 5.02 Å². The fourth-order valence-corrected chi connectivity index (χ4v) is 5.12. The summed E-state index contributed by atoms with van der Waals surface area (Å²) in [4.78, 5) is 23.7. The molecule has 0 heterocycles. The summed E-state index contributed by atoms with van der Waals surface area (Å²) in [5.74, 6) is -1.92. The Morgan fingerprint density at radius 2 is 1.64 bits per heavy atom. The number of carboxylic acids is 1. The number of carbonyl (C=O) groups is 2. The maximum atomic E-state index is 13.3. The standard InChI is InChI=1S/C24H23ClN2O5S/c1-14-12-21(15(2)11-20(14)25)33(31,32)27-23-16(3)18(17-7-5-4-6-8-17)9-10-19(23)24(30)26-13-22(28)29/h4-12,27H,13H2,1-3H3,(H,26,30)(H,28,29). The Morgan fingerprint density at radius 1 is 0.970 bits per heavy atom. The van der Waals surface area contributed by atoms with Crippen molar-refractivity contribution in [3.8, 4) is 11.1 Å². The van der Waals surface area contributed by atoms with E-state index in [1.807, 2.05) is 30.3 Å². The molecule has 0 aromatic heterocycles. The molecule has 9 heteroatoms. The van der Waals surface area contributed by atoms with Crippen LogP contribution in [0.4, 0.5) is 5.69 Å². The first-order valence-corrected chi connectivity index (χ1v) is 11.9. The summed E-state index contributed by atoms with van der Waals surface area (Å²) in [7, 11) is -4.10. The SMILES string of the molecule is Cc1cc(S(=O)(=O)Nc2c(C(=O)NCC(=O)O)ccc(-c3ccccc3)c2C)c(C)cc1Cl. The molecule has 0 atom stereocenters. The van der Waals surface area contributed by atoms with Gasteiger partial charge in [0.25, 0.3) is 15.9 Å². The summed E-state index contributed by atoms with van der Waals surface area (Å²) in [5.41, 5.74) is 3.23. The van der Waals surface area contributed by atoms with Crippen molar-refractivity contribution in [1.82, 2.24) is 5.32 Å². The van der Waals surface area contributed by atoms with Gasteiger partial charge in [0.2, 0.25) is 0 Å². The zero-order chi connectivity index (χ0) is 24.3. The van der Waals surface area contributed by atoms with Gasteiger partial charge >= 0.3 is 5.97 Å². The molecule has 3 aromatic rings. The van der Waals surface area contributed by atoms with E-state index < -0.39 is 28.4 Å². The molecule has 3 aromatic carbocycles. The van der Waals surface area contributed by atoms with Gasteiger partial charge in [0.15, 0.2) is 0 Å². The first-order valence-electron chi connectivity index (χ1n) is 10.00. The van der Waals surface area contributed by atoms with E-state index in [9.17, 15) is 18.0 Å². The van der Waals surface area contributed by atoms with Crippen molar-refractivity contribution in [2.75, 3.05) is 11.3 Å². The molecular formula is C24H23ClN2O5S. The summed E-state index contributed by atoms with van der Waals surface area (Å²) in [5, 5.41) is 11.6. The maximum absolute atomic E-state index is 13.3. The topological polar surface area (TPSA) is 113 Å². The number of nitrogens with one attached hydrogen (secondary N) is 2. The van der Waals surface area contributed by atoms with Crippen LogP contribution in [0.3, 0.4) is 0 Å². The molecule has 0 unspecified atom stereocenters. The van der Waals surface area contributed by atoms with Crippen molar-refractivity contribution in [2.45, 2.75) is 25.7 Å². The van der Waals surface area contributed by atoms with Gasteiger partial charge in [0.1, 0.15) is 6.54 Å². The number of benzene rings is 3. The van der Waals surface area contributed by atoms with E-state index >= 15 is 0 Å². The zero-order valence-electron chi connectivity index (χ0n) is 18.3. The highest BCUT2D eigenvalue weighted by Gasteiger charge is 2.24. The molecule has 0 aliphatic rings. The number of aliphatic carboxylic acids is 1. The van der Waals surface area contributed by atoms with E-state index in [2.05, 4.69) is 10.0 Å². The van der Waals surface area contributed by atoms with Gasteiger partial charge in [-0.3, -0.25) is 14.3 Å². The average molecular weight is 487 g/mol. The van der Waals surface area contributed by atoms with Crippen LogP contribution >= 0.6 is 11.6 Å². The van der Waals surface area contributed by atoms with E-state index in [0.717, 1.165) is 11.1 Å². The predicted octanol–water partition coefficient (Wildman–Crippen LogP) is 4.55. The zero-order valence-corrected chi connectivity index (χ0v) is 19.8. The van der Waals surface area contributed by atoms with E-state index in [1.54, 1.807) is 32.9 Å². The molecular weight excluding hydrogens is 464 g/mol. The molecule has 7 nitrogen and oxygen atoms in total. The van der Waals surface area contributed by atoms with Crippen LogP contribution in [0.1, 0.15) is 27.0 Å². The highest BCUT2D eigenvalue weighted by Crippen LogP contribution is 2.34. The molecule has 0 saturated carbocycles. The number of hydrogen-bond donors (Lipinski definition) is 3. The quantitative estimate of drug-likeness (QED) is 0.453. The molecule has 0 bridgehead atoms. The van der Waals surface area contributed by atoms with Gasteiger partial charge in [-0.15, -0.1) is 0 Å². The highest BCUT2D eigenvalue weighted by molar-refractivity contribution is 7.92. The number of aryl methyl sites for hydroxylation is 2. The lowest BCUT2D eigenvalue weighted by Gasteiger charge is -2.19. The summed E-state index contributed by atoms with van der Waals surface area (Å²) in [6, 6.07) is 15.5. The summed E-state index contributed by atoms with van der Waals surface area (Å²) >= 11 is 6.12. The lowest BCUT2D eigenvalue weighted by molar-refractivity contribution is -0.135. The Balaban J connectivity index is 2.15. The van der Waals surface area contributed by atoms with Gasteiger partial charge in [0.05, 0.1) is 16.1 Å². The Kier molecular flexibility index (Phi) is 7.09. The minimum absolute atomic E-state index is 0.0142. The predicted molar refractivity (Wildman–Crippen MR) is 128 cm³/mol. The van der Waals surface area contributed by atoms with Crippen molar-refractivity contribution in [2.24, 2.45) is 0 Å². The van der Waals surface area contributed by atoms with Crippen LogP contribution in [0, 0.1) is 20.8 Å². The molecule has 33 heavy (non-hydrogen) atoms. The number of anilines is 1.